The molecule has 1 fully saturated rings. The second-order valence-electron chi connectivity index (χ2n) is 10.6. The van der Waals surface area contributed by atoms with Crippen molar-refractivity contribution in [1.29, 1.82) is 5.26 Å². The van der Waals surface area contributed by atoms with Crippen LogP contribution in [0.3, 0.4) is 0 Å². The van der Waals surface area contributed by atoms with E-state index in [2.05, 4.69) is 31.0 Å². The average molecular weight is 670 g/mol. The second kappa shape index (κ2) is 15.7. The fourth-order valence-electron chi connectivity index (χ4n) is 5.16. The number of urea groups is 1. The SMILES string of the molecule is CCc1cc(Nc2nccn3c(-c4cn(CC#N)nc4C(F)(F)F)cnc23)ccc1C(=O)NCCCNC(=O)N1CCC(N)C1.O=CO. The number of benzene rings is 1. The van der Waals surface area contributed by atoms with Gasteiger partial charge in [0.2, 0.25) is 0 Å². The first-order valence-electron chi connectivity index (χ1n) is 14.9. The number of hydrogen-bond donors (Lipinski definition) is 5. The van der Waals surface area contributed by atoms with Crippen LogP contribution in [0.4, 0.5) is 29.5 Å². The third kappa shape index (κ3) is 8.36. The van der Waals surface area contributed by atoms with Gasteiger partial charge in [-0.2, -0.15) is 23.5 Å². The Labute approximate surface area is 272 Å². The van der Waals surface area contributed by atoms with Gasteiger partial charge in [-0.05, 0) is 43.0 Å². The minimum absolute atomic E-state index is 0.0150. The van der Waals surface area contributed by atoms with E-state index in [1.807, 2.05) is 6.92 Å². The molecule has 5 rings (SSSR count). The molecular formula is C30H34F3N11O4. The summed E-state index contributed by atoms with van der Waals surface area (Å²) in [4.78, 5) is 43.8. The van der Waals surface area contributed by atoms with Crippen molar-refractivity contribution in [2.75, 3.05) is 31.5 Å². The number of nitrogens with zero attached hydrogens (tertiary/aromatic N) is 7. The lowest BCUT2D eigenvalue weighted by atomic mass is 10.0. The number of alkyl halides is 3. The van der Waals surface area contributed by atoms with Crippen molar-refractivity contribution in [3.05, 3.63) is 59.8 Å². The predicted octanol–water partition coefficient (Wildman–Crippen LogP) is 3.00. The number of nitrogens with two attached hydrogens (primary N) is 1. The maximum absolute atomic E-state index is 13.8. The van der Waals surface area contributed by atoms with Crippen LogP contribution in [0.15, 0.2) is 43.0 Å². The molecule has 6 N–H and O–H groups in total. The Morgan fingerprint density at radius 2 is 1.98 bits per heavy atom. The fourth-order valence-corrected chi connectivity index (χ4v) is 5.16. The first-order chi connectivity index (χ1) is 23.0. The molecule has 1 aliphatic rings. The van der Waals surface area contributed by atoms with Gasteiger partial charge in [-0.1, -0.05) is 6.92 Å². The summed E-state index contributed by atoms with van der Waals surface area (Å²) >= 11 is 0. The molecule has 0 aliphatic carbocycles. The number of anilines is 2. The van der Waals surface area contributed by atoms with Crippen molar-refractivity contribution < 1.29 is 32.7 Å². The van der Waals surface area contributed by atoms with E-state index in [1.165, 1.54) is 29.2 Å². The van der Waals surface area contributed by atoms with Gasteiger partial charge < -0.3 is 31.7 Å². The van der Waals surface area contributed by atoms with Crippen LogP contribution < -0.4 is 21.7 Å². The van der Waals surface area contributed by atoms with Crippen molar-refractivity contribution in [1.82, 2.24) is 39.7 Å². The molecule has 48 heavy (non-hydrogen) atoms. The van der Waals surface area contributed by atoms with Crippen molar-refractivity contribution >= 4 is 35.6 Å². The number of likely N-dealkylation sites (tertiary alicyclic amines) is 1. The molecule has 1 saturated heterocycles. The smallest absolute Gasteiger partial charge is 0.435 e. The Morgan fingerprint density at radius 3 is 2.65 bits per heavy atom. The number of aromatic nitrogens is 5. The highest BCUT2D eigenvalue weighted by atomic mass is 19.4. The number of hydrogen-bond acceptors (Lipinski definition) is 9. The summed E-state index contributed by atoms with van der Waals surface area (Å²) in [5.41, 5.74) is 6.79. The Kier molecular flexibility index (Phi) is 11.5. The highest BCUT2D eigenvalue weighted by molar-refractivity contribution is 5.96. The van der Waals surface area contributed by atoms with Crippen LogP contribution in [-0.4, -0.2) is 84.8 Å². The van der Waals surface area contributed by atoms with E-state index in [-0.39, 0.29) is 47.9 Å². The van der Waals surface area contributed by atoms with E-state index in [1.54, 1.807) is 29.2 Å². The highest BCUT2D eigenvalue weighted by Gasteiger charge is 2.38. The largest absolute Gasteiger partial charge is 0.483 e. The standard InChI is InChI=1S/C29H32F3N11O2.CH2O2/c1-2-18-14-20(4-5-21(18)27(44)36-8-3-9-37-28(45)41-11-6-19(34)16-41)39-25-26-38-15-23(43(26)13-10-35-25)22-17-42(12-7-33)40-24(22)29(30,31)32;2-1-3/h4-5,10,13-15,17,19H,2-3,6,8-9,11-12,16,34H2,1H3,(H,35,39)(H,36,44)(H,37,45);1H,(H,2,3). The summed E-state index contributed by atoms with van der Waals surface area (Å²) in [7, 11) is 0. The van der Waals surface area contributed by atoms with Crippen LogP contribution in [0.25, 0.3) is 16.9 Å². The highest BCUT2D eigenvalue weighted by Crippen LogP contribution is 2.37. The zero-order valence-corrected chi connectivity index (χ0v) is 25.9. The maximum Gasteiger partial charge on any atom is 0.435 e. The molecule has 4 heterocycles. The molecule has 0 radical (unpaired) electrons. The first-order valence-corrected chi connectivity index (χ1v) is 14.9. The van der Waals surface area contributed by atoms with E-state index >= 15 is 0 Å². The molecule has 1 atom stereocenters. The third-order valence-electron chi connectivity index (χ3n) is 7.39. The predicted molar refractivity (Wildman–Crippen MR) is 167 cm³/mol. The van der Waals surface area contributed by atoms with Gasteiger partial charge in [-0.25, -0.2) is 14.8 Å². The summed E-state index contributed by atoms with van der Waals surface area (Å²) in [6, 6.07) is 6.85. The number of aryl methyl sites for hydroxylation is 1. The number of halogens is 3. The number of imidazole rings is 1. The van der Waals surface area contributed by atoms with E-state index in [0.29, 0.717) is 56.1 Å². The Hall–Kier alpha value is -5.70. The van der Waals surface area contributed by atoms with Crippen molar-refractivity contribution in [2.24, 2.45) is 5.73 Å². The van der Waals surface area contributed by atoms with Gasteiger partial charge in [0.15, 0.2) is 17.2 Å². The molecule has 1 aliphatic heterocycles. The Balaban J connectivity index is 0.00000167. The molecule has 254 valence electrons. The van der Waals surface area contributed by atoms with E-state index in [0.717, 1.165) is 16.7 Å². The number of amides is 3. The molecule has 3 amide bonds. The van der Waals surface area contributed by atoms with Gasteiger partial charge in [0, 0.05) is 62.1 Å². The molecule has 0 bridgehead atoms. The monoisotopic (exact) mass is 669 g/mol. The zero-order valence-electron chi connectivity index (χ0n) is 25.9. The number of rotatable bonds is 10. The second-order valence-corrected chi connectivity index (χ2v) is 10.6. The van der Waals surface area contributed by atoms with Gasteiger partial charge in [0.25, 0.3) is 12.4 Å². The van der Waals surface area contributed by atoms with Crippen LogP contribution in [-0.2, 0) is 23.9 Å². The van der Waals surface area contributed by atoms with Gasteiger partial charge >= 0.3 is 12.2 Å². The summed E-state index contributed by atoms with van der Waals surface area (Å²) in [6.07, 6.45) is 2.55. The summed E-state index contributed by atoms with van der Waals surface area (Å²) in [5.74, 6) is 0.0460. The van der Waals surface area contributed by atoms with Gasteiger partial charge in [0.05, 0.1) is 23.5 Å². The van der Waals surface area contributed by atoms with Crippen LogP contribution >= 0.6 is 0 Å². The Bertz CT molecular complexity index is 1800. The fraction of sp³-hybridized carbons (Fsp3) is 0.367. The quantitative estimate of drug-likeness (QED) is 0.123. The lowest BCUT2D eigenvalue weighted by Crippen LogP contribution is -2.40. The van der Waals surface area contributed by atoms with Crippen molar-refractivity contribution in [3.8, 4) is 17.3 Å². The summed E-state index contributed by atoms with van der Waals surface area (Å²) < 4.78 is 43.7. The lowest BCUT2D eigenvalue weighted by molar-refractivity contribution is -0.141. The van der Waals surface area contributed by atoms with Crippen molar-refractivity contribution in [3.63, 3.8) is 0 Å². The topological polar surface area (TPSA) is 209 Å². The van der Waals surface area contributed by atoms with Gasteiger partial charge in [0.1, 0.15) is 6.54 Å². The van der Waals surface area contributed by atoms with E-state index < -0.39 is 11.9 Å². The van der Waals surface area contributed by atoms with Crippen LogP contribution in [0, 0.1) is 11.3 Å². The molecule has 1 unspecified atom stereocenters. The summed E-state index contributed by atoms with van der Waals surface area (Å²) in [5, 5.41) is 28.3. The number of carboxylic acid groups (broad SMARTS) is 1. The number of carbonyl (C=O) groups excluding carboxylic acids is 2. The molecule has 3 aromatic heterocycles. The maximum atomic E-state index is 13.8. The molecule has 15 nitrogen and oxygen atoms in total. The summed E-state index contributed by atoms with van der Waals surface area (Å²) in [6.45, 7) is 3.31. The molecule has 0 spiro atoms. The minimum atomic E-state index is -4.74. The van der Waals surface area contributed by atoms with E-state index in [9.17, 15) is 22.8 Å². The third-order valence-corrected chi connectivity index (χ3v) is 7.39. The van der Waals surface area contributed by atoms with Crippen LogP contribution in [0.1, 0.15) is 41.4 Å². The van der Waals surface area contributed by atoms with Gasteiger partial charge in [-0.15, -0.1) is 0 Å². The minimum Gasteiger partial charge on any atom is -0.483 e. The normalized spacial score (nSPS) is 14.2. The number of fused-ring (bicyclic) bond motifs is 1. The Morgan fingerprint density at radius 1 is 1.23 bits per heavy atom. The number of carbonyl (C=O) groups is 3. The molecule has 0 saturated carbocycles. The van der Waals surface area contributed by atoms with Crippen molar-refractivity contribution in [2.45, 2.75) is 44.9 Å². The number of nitrogens with one attached hydrogen (secondary N) is 3. The molecule has 4 aromatic rings. The number of nitriles is 1. The molecular weight excluding hydrogens is 635 g/mol. The van der Waals surface area contributed by atoms with Gasteiger partial charge in [-0.3, -0.25) is 18.7 Å². The van der Waals surface area contributed by atoms with E-state index in [4.69, 9.17) is 20.9 Å². The zero-order chi connectivity index (χ0) is 34.8. The van der Waals surface area contributed by atoms with Crippen LogP contribution in [0.5, 0.6) is 0 Å². The molecule has 18 heteroatoms. The first kappa shape index (κ1) is 35.2. The van der Waals surface area contributed by atoms with Crippen LogP contribution in [0.2, 0.25) is 0 Å². The lowest BCUT2D eigenvalue weighted by Gasteiger charge is -2.16. The average Bonchev–Trinajstić information content (AvgIpc) is 3.80. The molecule has 1 aromatic carbocycles.